The average molecular weight is 274 g/mol. The second-order valence-electron chi connectivity index (χ2n) is 5.90. The normalized spacial score (nSPS) is 24.1. The molecule has 1 aromatic rings. The molecule has 3 N–H and O–H groups in total. The van der Waals surface area contributed by atoms with Gasteiger partial charge in [-0.1, -0.05) is 50.1 Å². The van der Waals surface area contributed by atoms with E-state index in [0.29, 0.717) is 6.04 Å². The fourth-order valence-corrected chi connectivity index (χ4v) is 3.11. The second kappa shape index (κ2) is 7.44. The van der Waals surface area contributed by atoms with E-state index in [9.17, 15) is 4.79 Å². The molecule has 3 heteroatoms. The molecular formula is C17H26N2O. The summed E-state index contributed by atoms with van der Waals surface area (Å²) in [6.45, 7) is 2.24. The fourth-order valence-electron chi connectivity index (χ4n) is 3.11. The van der Waals surface area contributed by atoms with Crippen molar-refractivity contribution in [3.8, 4) is 0 Å². The molecule has 0 aliphatic heterocycles. The van der Waals surface area contributed by atoms with Gasteiger partial charge < -0.3 is 11.1 Å². The Morgan fingerprint density at radius 3 is 2.50 bits per heavy atom. The molecule has 1 atom stereocenters. The van der Waals surface area contributed by atoms with Gasteiger partial charge in [0.15, 0.2) is 0 Å². The van der Waals surface area contributed by atoms with Gasteiger partial charge in [-0.3, -0.25) is 4.79 Å². The Hall–Kier alpha value is -1.35. The van der Waals surface area contributed by atoms with Crippen molar-refractivity contribution in [3.05, 3.63) is 35.9 Å². The SMILES string of the molecule is CCCC1CCC(NC(=O)[C@H](N)c2ccccc2)CC1. The van der Waals surface area contributed by atoms with E-state index in [4.69, 9.17) is 5.73 Å². The lowest BCUT2D eigenvalue weighted by atomic mass is 9.83. The van der Waals surface area contributed by atoms with E-state index in [1.807, 2.05) is 30.3 Å². The van der Waals surface area contributed by atoms with Crippen molar-refractivity contribution < 1.29 is 4.79 Å². The maximum Gasteiger partial charge on any atom is 0.241 e. The number of carbonyl (C=O) groups is 1. The van der Waals surface area contributed by atoms with Crippen LogP contribution < -0.4 is 11.1 Å². The number of amides is 1. The molecule has 0 radical (unpaired) electrons. The highest BCUT2D eigenvalue weighted by Crippen LogP contribution is 2.28. The molecule has 2 rings (SSSR count). The Bertz CT molecular complexity index is 410. The van der Waals surface area contributed by atoms with Gasteiger partial charge in [0, 0.05) is 6.04 Å². The Morgan fingerprint density at radius 1 is 1.25 bits per heavy atom. The second-order valence-corrected chi connectivity index (χ2v) is 5.90. The van der Waals surface area contributed by atoms with Crippen LogP contribution in [0.3, 0.4) is 0 Å². The van der Waals surface area contributed by atoms with Gasteiger partial charge in [-0.15, -0.1) is 0 Å². The van der Waals surface area contributed by atoms with Gasteiger partial charge in [0.1, 0.15) is 6.04 Å². The van der Waals surface area contributed by atoms with Crippen LogP contribution in [0.2, 0.25) is 0 Å². The first kappa shape index (κ1) is 15.0. The number of carbonyl (C=O) groups excluding carboxylic acids is 1. The highest BCUT2D eigenvalue weighted by Gasteiger charge is 2.24. The number of nitrogens with two attached hydrogens (primary N) is 1. The Kier molecular flexibility index (Phi) is 5.60. The monoisotopic (exact) mass is 274 g/mol. The molecule has 1 aliphatic rings. The summed E-state index contributed by atoms with van der Waals surface area (Å²) in [5.41, 5.74) is 6.90. The number of hydrogen-bond acceptors (Lipinski definition) is 2. The third-order valence-corrected chi connectivity index (χ3v) is 4.33. The molecule has 110 valence electrons. The van der Waals surface area contributed by atoms with E-state index in [-0.39, 0.29) is 5.91 Å². The van der Waals surface area contributed by atoms with E-state index in [0.717, 1.165) is 24.3 Å². The van der Waals surface area contributed by atoms with Crippen LogP contribution in [-0.2, 0) is 4.79 Å². The Labute approximate surface area is 121 Å². The van der Waals surface area contributed by atoms with Crippen LogP contribution in [0.5, 0.6) is 0 Å². The maximum atomic E-state index is 12.2. The summed E-state index contributed by atoms with van der Waals surface area (Å²) < 4.78 is 0. The number of rotatable bonds is 5. The zero-order chi connectivity index (χ0) is 14.4. The van der Waals surface area contributed by atoms with Gasteiger partial charge in [-0.25, -0.2) is 0 Å². The van der Waals surface area contributed by atoms with Crippen LogP contribution in [0.15, 0.2) is 30.3 Å². The van der Waals surface area contributed by atoms with Gasteiger partial charge in [0.2, 0.25) is 5.91 Å². The standard InChI is InChI=1S/C17H26N2O/c1-2-6-13-9-11-15(12-10-13)19-17(20)16(18)14-7-4-3-5-8-14/h3-5,7-8,13,15-16H,2,6,9-12,18H2,1H3,(H,19,20)/t13?,15?,16-/m1/s1. The van der Waals surface area contributed by atoms with E-state index < -0.39 is 6.04 Å². The fraction of sp³-hybridized carbons (Fsp3) is 0.588. The first-order chi connectivity index (χ1) is 9.70. The largest absolute Gasteiger partial charge is 0.352 e. The number of benzene rings is 1. The van der Waals surface area contributed by atoms with Crippen LogP contribution in [0, 0.1) is 5.92 Å². The van der Waals surface area contributed by atoms with Gasteiger partial charge in [-0.2, -0.15) is 0 Å². The third kappa shape index (κ3) is 4.07. The highest BCUT2D eigenvalue weighted by atomic mass is 16.2. The topological polar surface area (TPSA) is 55.1 Å². The van der Waals surface area contributed by atoms with Gasteiger partial charge in [0.05, 0.1) is 0 Å². The summed E-state index contributed by atoms with van der Waals surface area (Å²) in [5, 5.41) is 3.12. The predicted octanol–water partition coefficient (Wildman–Crippen LogP) is 3.16. The summed E-state index contributed by atoms with van der Waals surface area (Å²) >= 11 is 0. The third-order valence-electron chi connectivity index (χ3n) is 4.33. The molecule has 20 heavy (non-hydrogen) atoms. The van der Waals surface area contributed by atoms with E-state index in [1.165, 1.54) is 25.7 Å². The van der Waals surface area contributed by atoms with Crippen LogP contribution in [0.4, 0.5) is 0 Å². The van der Waals surface area contributed by atoms with Crippen molar-refractivity contribution in [1.82, 2.24) is 5.32 Å². The van der Waals surface area contributed by atoms with Crippen molar-refractivity contribution in [1.29, 1.82) is 0 Å². The number of nitrogens with one attached hydrogen (secondary N) is 1. The quantitative estimate of drug-likeness (QED) is 0.866. The maximum absolute atomic E-state index is 12.2. The summed E-state index contributed by atoms with van der Waals surface area (Å²) in [5.74, 6) is 0.811. The minimum Gasteiger partial charge on any atom is -0.352 e. The van der Waals surface area contributed by atoms with Gasteiger partial charge in [-0.05, 0) is 37.2 Å². The summed E-state index contributed by atoms with van der Waals surface area (Å²) in [4.78, 5) is 12.2. The molecule has 1 aromatic carbocycles. The Balaban J connectivity index is 1.81. The first-order valence-electron chi connectivity index (χ1n) is 7.81. The molecule has 0 heterocycles. The minimum absolute atomic E-state index is 0.0462. The van der Waals surface area contributed by atoms with Crippen molar-refractivity contribution >= 4 is 5.91 Å². The first-order valence-corrected chi connectivity index (χ1v) is 7.81. The zero-order valence-electron chi connectivity index (χ0n) is 12.3. The molecule has 0 aromatic heterocycles. The lowest BCUT2D eigenvalue weighted by Gasteiger charge is -2.29. The van der Waals surface area contributed by atoms with Crippen LogP contribution >= 0.6 is 0 Å². The van der Waals surface area contributed by atoms with Crippen molar-refractivity contribution in [2.75, 3.05) is 0 Å². The van der Waals surface area contributed by atoms with Crippen LogP contribution in [0.1, 0.15) is 57.1 Å². The average Bonchev–Trinajstić information content (AvgIpc) is 2.49. The zero-order valence-corrected chi connectivity index (χ0v) is 12.3. The van der Waals surface area contributed by atoms with Crippen molar-refractivity contribution in [2.24, 2.45) is 11.7 Å². The highest BCUT2D eigenvalue weighted by molar-refractivity contribution is 5.83. The van der Waals surface area contributed by atoms with E-state index in [1.54, 1.807) is 0 Å². The predicted molar refractivity (Wildman–Crippen MR) is 82.2 cm³/mol. The molecule has 1 saturated carbocycles. The molecule has 0 unspecified atom stereocenters. The lowest BCUT2D eigenvalue weighted by Crippen LogP contribution is -2.42. The van der Waals surface area contributed by atoms with E-state index in [2.05, 4.69) is 12.2 Å². The van der Waals surface area contributed by atoms with Crippen LogP contribution in [-0.4, -0.2) is 11.9 Å². The molecule has 0 spiro atoms. The summed E-state index contributed by atoms with van der Waals surface area (Å²) in [7, 11) is 0. The van der Waals surface area contributed by atoms with Gasteiger partial charge >= 0.3 is 0 Å². The smallest absolute Gasteiger partial charge is 0.241 e. The number of hydrogen-bond donors (Lipinski definition) is 2. The molecule has 1 aliphatic carbocycles. The molecule has 0 saturated heterocycles. The van der Waals surface area contributed by atoms with E-state index >= 15 is 0 Å². The molecule has 3 nitrogen and oxygen atoms in total. The summed E-state index contributed by atoms with van der Waals surface area (Å²) in [6, 6.07) is 9.33. The molecule has 1 fully saturated rings. The lowest BCUT2D eigenvalue weighted by molar-refractivity contribution is -0.123. The Morgan fingerprint density at radius 2 is 1.90 bits per heavy atom. The molecule has 0 bridgehead atoms. The van der Waals surface area contributed by atoms with Crippen LogP contribution in [0.25, 0.3) is 0 Å². The minimum atomic E-state index is -0.551. The molecular weight excluding hydrogens is 248 g/mol. The van der Waals surface area contributed by atoms with Gasteiger partial charge in [0.25, 0.3) is 0 Å². The van der Waals surface area contributed by atoms with Crippen molar-refractivity contribution in [2.45, 2.75) is 57.5 Å². The molecule has 1 amide bonds. The summed E-state index contributed by atoms with van der Waals surface area (Å²) in [6.07, 6.45) is 7.25. The van der Waals surface area contributed by atoms with Crippen molar-refractivity contribution in [3.63, 3.8) is 0 Å².